The van der Waals surface area contributed by atoms with Crippen LogP contribution in [0.5, 0.6) is 17.2 Å². The molecule has 0 aromatic heterocycles. The Balaban J connectivity index is 1.93. The van der Waals surface area contributed by atoms with Crippen LogP contribution in [0.25, 0.3) is 0 Å². The first kappa shape index (κ1) is 22.4. The van der Waals surface area contributed by atoms with Crippen LogP contribution in [0.1, 0.15) is 18.9 Å². The number of aryl methyl sites for hydroxylation is 1. The molecule has 29 heavy (non-hydrogen) atoms. The predicted molar refractivity (Wildman–Crippen MR) is 110 cm³/mol. The van der Waals surface area contributed by atoms with Gasteiger partial charge >= 0.3 is 5.97 Å². The molecule has 2 aromatic rings. The van der Waals surface area contributed by atoms with Crippen LogP contribution >= 0.6 is 11.6 Å². The fourth-order valence-electron chi connectivity index (χ4n) is 2.65. The van der Waals surface area contributed by atoms with Crippen LogP contribution in [-0.2, 0) is 20.7 Å². The summed E-state index contributed by atoms with van der Waals surface area (Å²) in [5.41, 5.74) is 1.34. The van der Waals surface area contributed by atoms with Gasteiger partial charge in [-0.25, -0.2) is 0 Å². The SMILES string of the molecule is COc1cc(CCC(=O)O[C@H](C)C(=O)Nc2cccc(Cl)c2)cc(OC)c1OC. The van der Waals surface area contributed by atoms with E-state index >= 15 is 0 Å². The lowest BCUT2D eigenvalue weighted by molar-refractivity contribution is -0.153. The van der Waals surface area contributed by atoms with Gasteiger partial charge in [-0.15, -0.1) is 0 Å². The number of hydrogen-bond acceptors (Lipinski definition) is 6. The topological polar surface area (TPSA) is 83.1 Å². The number of amides is 1. The molecule has 2 aromatic carbocycles. The number of anilines is 1. The molecule has 0 radical (unpaired) electrons. The monoisotopic (exact) mass is 421 g/mol. The minimum absolute atomic E-state index is 0.0907. The highest BCUT2D eigenvalue weighted by molar-refractivity contribution is 6.30. The Labute approximate surface area is 174 Å². The molecule has 156 valence electrons. The fraction of sp³-hybridized carbons (Fsp3) is 0.333. The van der Waals surface area contributed by atoms with Crippen molar-refractivity contribution in [2.24, 2.45) is 0 Å². The van der Waals surface area contributed by atoms with E-state index in [1.165, 1.54) is 28.3 Å². The van der Waals surface area contributed by atoms with Gasteiger partial charge in [0.25, 0.3) is 5.91 Å². The summed E-state index contributed by atoms with van der Waals surface area (Å²) in [6.07, 6.45) is -0.465. The molecule has 8 heteroatoms. The standard InChI is InChI=1S/C21H24ClNO6/c1-13(21(25)23-16-7-5-6-15(22)12-16)29-19(24)9-8-14-10-17(26-2)20(28-4)18(11-14)27-3/h5-7,10-13H,8-9H2,1-4H3,(H,23,25)/t13-/m1/s1. The fourth-order valence-corrected chi connectivity index (χ4v) is 2.84. The first-order chi connectivity index (χ1) is 13.9. The van der Waals surface area contributed by atoms with Crippen LogP contribution in [0.3, 0.4) is 0 Å². The van der Waals surface area contributed by atoms with Gasteiger partial charge in [-0.3, -0.25) is 9.59 Å². The highest BCUT2D eigenvalue weighted by Gasteiger charge is 2.19. The van der Waals surface area contributed by atoms with Gasteiger partial charge in [-0.1, -0.05) is 17.7 Å². The number of ether oxygens (including phenoxy) is 4. The Morgan fingerprint density at radius 2 is 1.69 bits per heavy atom. The molecule has 1 atom stereocenters. The van der Waals surface area contributed by atoms with Crippen LogP contribution < -0.4 is 19.5 Å². The molecule has 0 saturated carbocycles. The van der Waals surface area contributed by atoms with Crippen molar-refractivity contribution in [3.63, 3.8) is 0 Å². The largest absolute Gasteiger partial charge is 0.493 e. The minimum Gasteiger partial charge on any atom is -0.493 e. The van der Waals surface area contributed by atoms with Crippen molar-refractivity contribution in [1.29, 1.82) is 0 Å². The van der Waals surface area contributed by atoms with Crippen LogP contribution in [0.15, 0.2) is 36.4 Å². The molecule has 0 unspecified atom stereocenters. The first-order valence-corrected chi connectivity index (χ1v) is 9.30. The number of nitrogens with one attached hydrogen (secondary N) is 1. The Hall–Kier alpha value is -2.93. The number of esters is 1. The number of benzene rings is 2. The Morgan fingerprint density at radius 1 is 1.03 bits per heavy atom. The summed E-state index contributed by atoms with van der Waals surface area (Å²) in [4.78, 5) is 24.4. The highest BCUT2D eigenvalue weighted by Crippen LogP contribution is 2.38. The van der Waals surface area contributed by atoms with Crippen LogP contribution in [-0.4, -0.2) is 39.3 Å². The normalized spacial score (nSPS) is 11.3. The van der Waals surface area contributed by atoms with Gasteiger partial charge < -0.3 is 24.3 Å². The summed E-state index contributed by atoms with van der Waals surface area (Å²) in [5, 5.41) is 3.15. The zero-order chi connectivity index (χ0) is 21.4. The summed E-state index contributed by atoms with van der Waals surface area (Å²) >= 11 is 5.89. The van der Waals surface area contributed by atoms with Gasteiger partial charge in [0.15, 0.2) is 17.6 Å². The molecule has 1 N–H and O–H groups in total. The van der Waals surface area contributed by atoms with Crippen molar-refractivity contribution in [1.82, 2.24) is 0 Å². The second kappa shape index (κ2) is 10.6. The zero-order valence-electron chi connectivity index (χ0n) is 16.8. The van der Waals surface area contributed by atoms with Gasteiger partial charge in [-0.05, 0) is 49.2 Å². The van der Waals surface area contributed by atoms with E-state index in [9.17, 15) is 9.59 Å². The van der Waals surface area contributed by atoms with Crippen molar-refractivity contribution in [3.05, 3.63) is 47.0 Å². The Morgan fingerprint density at radius 3 is 2.24 bits per heavy atom. The van der Waals surface area contributed by atoms with Crippen molar-refractivity contribution in [2.45, 2.75) is 25.9 Å². The van der Waals surface area contributed by atoms with Gasteiger partial charge in [0.2, 0.25) is 5.75 Å². The average molecular weight is 422 g/mol. The van der Waals surface area contributed by atoms with Crippen molar-refractivity contribution in [3.8, 4) is 17.2 Å². The number of hydrogen-bond donors (Lipinski definition) is 1. The van der Waals surface area contributed by atoms with E-state index in [2.05, 4.69) is 5.32 Å². The minimum atomic E-state index is -0.943. The van der Waals surface area contributed by atoms with Crippen molar-refractivity contribution in [2.75, 3.05) is 26.6 Å². The van der Waals surface area contributed by atoms with E-state index in [4.69, 9.17) is 30.5 Å². The summed E-state index contributed by atoms with van der Waals surface area (Å²) in [6.45, 7) is 1.51. The zero-order valence-corrected chi connectivity index (χ0v) is 17.5. The average Bonchev–Trinajstić information content (AvgIpc) is 2.71. The summed E-state index contributed by atoms with van der Waals surface area (Å²) in [6, 6.07) is 10.3. The Bertz CT molecular complexity index is 845. The van der Waals surface area contributed by atoms with Gasteiger partial charge in [-0.2, -0.15) is 0 Å². The lowest BCUT2D eigenvalue weighted by atomic mass is 10.1. The third kappa shape index (κ3) is 6.29. The molecule has 0 aliphatic heterocycles. The van der Waals surface area contributed by atoms with Crippen molar-refractivity contribution >= 4 is 29.2 Å². The lowest BCUT2D eigenvalue weighted by Crippen LogP contribution is -2.30. The molecule has 0 aliphatic carbocycles. The molecule has 0 fully saturated rings. The molecular weight excluding hydrogens is 398 g/mol. The maximum atomic E-state index is 12.2. The van der Waals surface area contributed by atoms with E-state index in [0.29, 0.717) is 34.4 Å². The van der Waals surface area contributed by atoms with E-state index < -0.39 is 18.0 Å². The molecule has 1 amide bonds. The summed E-state index contributed by atoms with van der Waals surface area (Å²) < 4.78 is 21.1. The molecule has 0 bridgehead atoms. The molecule has 0 heterocycles. The second-order valence-electron chi connectivity index (χ2n) is 6.17. The second-order valence-corrected chi connectivity index (χ2v) is 6.60. The van der Waals surface area contributed by atoms with E-state index in [0.717, 1.165) is 5.56 Å². The van der Waals surface area contributed by atoms with Crippen LogP contribution in [0.2, 0.25) is 5.02 Å². The van der Waals surface area contributed by atoms with E-state index in [-0.39, 0.29) is 6.42 Å². The van der Waals surface area contributed by atoms with Gasteiger partial charge in [0.05, 0.1) is 21.3 Å². The smallest absolute Gasteiger partial charge is 0.306 e. The van der Waals surface area contributed by atoms with Gasteiger partial charge in [0, 0.05) is 17.1 Å². The quantitative estimate of drug-likeness (QED) is 0.619. The number of rotatable bonds is 9. The molecule has 7 nitrogen and oxygen atoms in total. The third-order valence-electron chi connectivity index (χ3n) is 4.11. The molecule has 0 aliphatic rings. The number of carbonyl (C=O) groups is 2. The number of carbonyl (C=O) groups excluding carboxylic acids is 2. The van der Waals surface area contributed by atoms with E-state index in [1.54, 1.807) is 36.4 Å². The van der Waals surface area contributed by atoms with Gasteiger partial charge in [0.1, 0.15) is 0 Å². The number of halogens is 1. The molecule has 0 saturated heterocycles. The maximum Gasteiger partial charge on any atom is 0.306 e. The van der Waals surface area contributed by atoms with Crippen LogP contribution in [0, 0.1) is 0 Å². The molecular formula is C21H24ClNO6. The third-order valence-corrected chi connectivity index (χ3v) is 4.35. The van der Waals surface area contributed by atoms with E-state index in [1.807, 2.05) is 0 Å². The Kier molecular flexibility index (Phi) is 8.15. The van der Waals surface area contributed by atoms with Crippen molar-refractivity contribution < 1.29 is 28.5 Å². The molecule has 2 rings (SSSR count). The summed E-state index contributed by atoms with van der Waals surface area (Å²) in [5.74, 6) is 0.558. The lowest BCUT2D eigenvalue weighted by Gasteiger charge is -2.15. The first-order valence-electron chi connectivity index (χ1n) is 8.92. The summed E-state index contributed by atoms with van der Waals surface area (Å²) in [7, 11) is 4.57. The molecule has 0 spiro atoms. The van der Waals surface area contributed by atoms with Crippen LogP contribution in [0.4, 0.5) is 5.69 Å². The number of methoxy groups -OCH3 is 3. The predicted octanol–water partition coefficient (Wildman–Crippen LogP) is 3.87. The maximum absolute atomic E-state index is 12.2. The highest BCUT2D eigenvalue weighted by atomic mass is 35.5.